The first-order valence-corrected chi connectivity index (χ1v) is 5.67. The van der Waals surface area contributed by atoms with Gasteiger partial charge in [-0.05, 0) is 17.8 Å². The van der Waals surface area contributed by atoms with Gasteiger partial charge in [-0.1, -0.05) is 13.8 Å². The smallest absolute Gasteiger partial charge is 0.390 e. The molecule has 0 saturated heterocycles. The minimum Gasteiger partial charge on any atom is -0.469 e. The van der Waals surface area contributed by atoms with Crippen LogP contribution in [0.3, 0.4) is 0 Å². The van der Waals surface area contributed by atoms with Crippen LogP contribution in [0.2, 0.25) is 0 Å². The fourth-order valence-electron chi connectivity index (χ4n) is 1.68. The zero-order valence-corrected chi connectivity index (χ0v) is 10.9. The van der Waals surface area contributed by atoms with E-state index in [2.05, 4.69) is 9.84 Å². The van der Waals surface area contributed by atoms with E-state index < -0.39 is 4.92 Å². The highest BCUT2D eigenvalue weighted by Gasteiger charge is 2.25. The first-order valence-electron chi connectivity index (χ1n) is 5.67. The van der Waals surface area contributed by atoms with E-state index in [0.717, 1.165) is 5.69 Å². The molecule has 0 aliphatic carbocycles. The molecular weight excluding hydrogens is 238 g/mol. The van der Waals surface area contributed by atoms with Crippen LogP contribution in [0.1, 0.15) is 44.8 Å². The minimum atomic E-state index is -0.534. The third-order valence-corrected chi connectivity index (χ3v) is 2.64. The van der Waals surface area contributed by atoms with Gasteiger partial charge >= 0.3 is 11.8 Å². The van der Waals surface area contributed by atoms with E-state index in [4.69, 9.17) is 0 Å². The molecule has 0 spiro atoms. The maximum atomic E-state index is 11.2. The van der Waals surface area contributed by atoms with Crippen LogP contribution in [0.5, 0.6) is 0 Å². The Bertz CT molecular complexity index is 453. The molecule has 1 atom stereocenters. The van der Waals surface area contributed by atoms with E-state index in [9.17, 15) is 14.9 Å². The van der Waals surface area contributed by atoms with Gasteiger partial charge in [-0.25, -0.2) is 0 Å². The summed E-state index contributed by atoms with van der Waals surface area (Å²) < 4.78 is 6.11. The maximum absolute atomic E-state index is 11.2. The van der Waals surface area contributed by atoms with E-state index in [-0.39, 0.29) is 30.2 Å². The summed E-state index contributed by atoms with van der Waals surface area (Å²) in [5.74, 6) is -0.475. The van der Waals surface area contributed by atoms with Crippen LogP contribution >= 0.6 is 0 Å². The quantitative estimate of drug-likeness (QED) is 0.456. The van der Waals surface area contributed by atoms with Crippen LogP contribution in [0.25, 0.3) is 0 Å². The minimum absolute atomic E-state index is 0.0892. The zero-order chi connectivity index (χ0) is 13.9. The highest BCUT2D eigenvalue weighted by molar-refractivity contribution is 5.69. The third-order valence-electron chi connectivity index (χ3n) is 2.64. The van der Waals surface area contributed by atoms with Crippen molar-refractivity contribution in [2.75, 3.05) is 7.11 Å². The Morgan fingerprint density at radius 3 is 2.61 bits per heavy atom. The summed E-state index contributed by atoms with van der Waals surface area (Å²) in [5.41, 5.74) is 0.734. The van der Waals surface area contributed by atoms with Crippen molar-refractivity contribution in [3.05, 3.63) is 21.9 Å². The summed E-state index contributed by atoms with van der Waals surface area (Å²) in [6, 6.07) is 1.17. The monoisotopic (exact) mass is 255 g/mol. The lowest BCUT2D eigenvalue weighted by Crippen LogP contribution is -2.16. The number of nitrogens with zero attached hydrogens (tertiary/aromatic N) is 3. The fourth-order valence-corrected chi connectivity index (χ4v) is 1.68. The molecule has 100 valence electrons. The van der Waals surface area contributed by atoms with Crippen molar-refractivity contribution in [1.29, 1.82) is 0 Å². The Labute approximate surface area is 105 Å². The molecule has 0 saturated carbocycles. The van der Waals surface area contributed by atoms with E-state index in [1.165, 1.54) is 17.9 Å². The molecule has 0 radical (unpaired) electrons. The van der Waals surface area contributed by atoms with Crippen LogP contribution in [-0.2, 0) is 9.53 Å². The van der Waals surface area contributed by atoms with Crippen molar-refractivity contribution in [3.63, 3.8) is 0 Å². The summed E-state index contributed by atoms with van der Waals surface area (Å²) in [6.45, 7) is 5.61. The second-order valence-electron chi connectivity index (χ2n) is 4.41. The average molecular weight is 255 g/mol. The normalized spacial score (nSPS) is 12.5. The Morgan fingerprint density at radius 2 is 2.17 bits per heavy atom. The molecule has 0 aliphatic heterocycles. The second kappa shape index (κ2) is 5.61. The highest BCUT2D eigenvalue weighted by Crippen LogP contribution is 2.24. The van der Waals surface area contributed by atoms with E-state index in [0.29, 0.717) is 0 Å². The number of carbonyl (C=O) groups is 1. The van der Waals surface area contributed by atoms with Gasteiger partial charge in [-0.15, -0.1) is 0 Å². The van der Waals surface area contributed by atoms with Gasteiger partial charge in [0.15, 0.2) is 0 Å². The molecule has 1 unspecified atom stereocenters. The lowest BCUT2D eigenvalue weighted by atomic mass is 10.1. The Hall–Kier alpha value is -1.92. The van der Waals surface area contributed by atoms with Gasteiger partial charge in [0, 0.05) is 0 Å². The van der Waals surface area contributed by atoms with Crippen molar-refractivity contribution in [3.8, 4) is 0 Å². The summed E-state index contributed by atoms with van der Waals surface area (Å²) in [4.78, 5) is 21.4. The number of hydrogen-bond acceptors (Lipinski definition) is 5. The molecule has 7 nitrogen and oxygen atoms in total. The summed E-state index contributed by atoms with van der Waals surface area (Å²) in [6.07, 6.45) is 0.134. The zero-order valence-electron chi connectivity index (χ0n) is 10.9. The van der Waals surface area contributed by atoms with E-state index in [1.807, 2.05) is 13.8 Å². The van der Waals surface area contributed by atoms with Crippen LogP contribution in [0.4, 0.5) is 5.82 Å². The Kier molecular flexibility index (Phi) is 4.41. The molecule has 0 amide bonds. The first kappa shape index (κ1) is 14.1. The predicted molar refractivity (Wildman–Crippen MR) is 64.3 cm³/mol. The molecule has 1 heterocycles. The van der Waals surface area contributed by atoms with Crippen molar-refractivity contribution >= 4 is 11.8 Å². The fraction of sp³-hybridized carbons (Fsp3) is 0.636. The molecule has 0 bridgehead atoms. The Balaban J connectivity index is 3.05. The largest absolute Gasteiger partial charge is 0.469 e. The number of aromatic nitrogens is 2. The van der Waals surface area contributed by atoms with Gasteiger partial charge in [0.25, 0.3) is 0 Å². The lowest BCUT2D eigenvalue weighted by Gasteiger charge is -2.12. The standard InChI is InChI=1S/C11H17N3O4/c1-7(2)9-6-10(14(16)17)12-13(9)8(3)5-11(15)18-4/h6-8H,5H2,1-4H3. The van der Waals surface area contributed by atoms with E-state index >= 15 is 0 Å². The first-order chi connectivity index (χ1) is 8.36. The second-order valence-corrected chi connectivity index (χ2v) is 4.41. The van der Waals surface area contributed by atoms with Crippen molar-refractivity contribution < 1.29 is 14.5 Å². The predicted octanol–water partition coefficient (Wildman–Crippen LogP) is 2.04. The number of esters is 1. The van der Waals surface area contributed by atoms with Gasteiger partial charge in [0.05, 0.1) is 36.4 Å². The number of methoxy groups -OCH3 is 1. The molecular formula is C11H17N3O4. The number of ether oxygens (including phenoxy) is 1. The lowest BCUT2D eigenvalue weighted by molar-refractivity contribution is -0.389. The SMILES string of the molecule is COC(=O)CC(C)n1nc([N+](=O)[O-])cc1C(C)C. The molecule has 1 rings (SSSR count). The molecule has 1 aromatic heterocycles. The molecule has 0 aliphatic rings. The summed E-state index contributed by atoms with van der Waals surface area (Å²) in [7, 11) is 1.31. The average Bonchev–Trinajstić information content (AvgIpc) is 2.73. The Morgan fingerprint density at radius 1 is 1.56 bits per heavy atom. The van der Waals surface area contributed by atoms with Crippen molar-refractivity contribution in [2.45, 2.75) is 39.2 Å². The van der Waals surface area contributed by atoms with Gasteiger partial charge in [0.2, 0.25) is 0 Å². The van der Waals surface area contributed by atoms with Gasteiger partial charge in [-0.2, -0.15) is 4.68 Å². The summed E-state index contributed by atoms with van der Waals surface area (Å²) >= 11 is 0. The van der Waals surface area contributed by atoms with Gasteiger partial charge in [0.1, 0.15) is 0 Å². The van der Waals surface area contributed by atoms with Crippen LogP contribution in [0, 0.1) is 10.1 Å². The van der Waals surface area contributed by atoms with E-state index in [1.54, 1.807) is 6.92 Å². The summed E-state index contributed by atoms with van der Waals surface area (Å²) in [5, 5.41) is 14.7. The van der Waals surface area contributed by atoms with Crippen molar-refractivity contribution in [1.82, 2.24) is 9.78 Å². The van der Waals surface area contributed by atoms with Crippen molar-refractivity contribution in [2.24, 2.45) is 0 Å². The maximum Gasteiger partial charge on any atom is 0.390 e. The topological polar surface area (TPSA) is 87.3 Å². The molecule has 0 aromatic carbocycles. The number of hydrogen-bond donors (Lipinski definition) is 0. The van der Waals surface area contributed by atoms with Crippen LogP contribution in [-0.4, -0.2) is 27.8 Å². The van der Waals surface area contributed by atoms with Crippen LogP contribution in [0.15, 0.2) is 6.07 Å². The van der Waals surface area contributed by atoms with Crippen LogP contribution < -0.4 is 0 Å². The number of nitro groups is 1. The molecule has 0 N–H and O–H groups in total. The van der Waals surface area contributed by atoms with Gasteiger partial charge in [-0.3, -0.25) is 4.79 Å². The molecule has 7 heteroatoms. The molecule has 0 fully saturated rings. The number of carbonyl (C=O) groups excluding carboxylic acids is 1. The number of rotatable bonds is 5. The van der Waals surface area contributed by atoms with Gasteiger partial charge < -0.3 is 14.9 Å². The molecule has 1 aromatic rings. The highest BCUT2D eigenvalue weighted by atomic mass is 16.6. The third kappa shape index (κ3) is 3.06. The molecule has 18 heavy (non-hydrogen) atoms.